The molecule has 0 spiro atoms. The van der Waals surface area contributed by atoms with Crippen LogP contribution in [-0.4, -0.2) is 5.11 Å². The van der Waals surface area contributed by atoms with Crippen LogP contribution in [0.2, 0.25) is 0 Å². The molecule has 1 rings (SSSR count). The second kappa shape index (κ2) is 8.83. The molecule has 0 unspecified atom stereocenters. The zero-order chi connectivity index (χ0) is 15.0. The largest absolute Gasteiger partial charge is 0.507 e. The minimum atomic E-state index is -0.356. The normalized spacial score (nSPS) is 10.9. The predicted molar refractivity (Wildman–Crippen MR) is 82.5 cm³/mol. The molecule has 3 nitrogen and oxygen atoms in total. The second-order valence-corrected chi connectivity index (χ2v) is 5.53. The molecular formula is C17H28O3. The van der Waals surface area contributed by atoms with Crippen molar-refractivity contribution in [3.63, 3.8) is 0 Å². The lowest BCUT2D eigenvalue weighted by Crippen LogP contribution is -2.11. The van der Waals surface area contributed by atoms with E-state index in [1.54, 1.807) is 0 Å². The maximum atomic E-state index is 11.9. The summed E-state index contributed by atoms with van der Waals surface area (Å²) in [5.74, 6) is 0.808. The first-order valence-corrected chi connectivity index (χ1v) is 7.96. The minimum absolute atomic E-state index is 0.151. The minimum Gasteiger partial charge on any atom is -0.507 e. The van der Waals surface area contributed by atoms with Crippen LogP contribution in [0.3, 0.4) is 0 Å². The van der Waals surface area contributed by atoms with Crippen molar-refractivity contribution in [2.45, 2.75) is 78.6 Å². The highest BCUT2D eigenvalue weighted by atomic mass is 16.4. The van der Waals surface area contributed by atoms with E-state index in [-0.39, 0.29) is 11.4 Å². The molecule has 0 atom stereocenters. The van der Waals surface area contributed by atoms with Crippen molar-refractivity contribution in [1.82, 2.24) is 0 Å². The molecule has 1 heterocycles. The Labute approximate surface area is 122 Å². The predicted octanol–water partition coefficient (Wildman–Crippen LogP) is 4.51. The van der Waals surface area contributed by atoms with Gasteiger partial charge in [0.25, 0.3) is 0 Å². The van der Waals surface area contributed by atoms with Gasteiger partial charge in [-0.2, -0.15) is 0 Å². The molecule has 0 saturated heterocycles. The molecule has 20 heavy (non-hydrogen) atoms. The van der Waals surface area contributed by atoms with E-state index >= 15 is 0 Å². The number of hydrogen-bond acceptors (Lipinski definition) is 3. The highest BCUT2D eigenvalue weighted by Crippen LogP contribution is 2.25. The van der Waals surface area contributed by atoms with Gasteiger partial charge >= 0.3 is 5.63 Å². The Bertz CT molecular complexity index is 460. The fraction of sp³-hybridized carbons (Fsp3) is 0.706. The van der Waals surface area contributed by atoms with Crippen molar-refractivity contribution < 1.29 is 9.52 Å². The molecule has 0 radical (unpaired) electrons. The van der Waals surface area contributed by atoms with Gasteiger partial charge in [0.1, 0.15) is 11.5 Å². The molecule has 114 valence electrons. The van der Waals surface area contributed by atoms with Crippen molar-refractivity contribution in [3.05, 3.63) is 27.3 Å². The lowest BCUT2D eigenvalue weighted by atomic mass is 10.0. The van der Waals surface area contributed by atoms with Gasteiger partial charge in [-0.15, -0.1) is 0 Å². The third kappa shape index (κ3) is 4.69. The van der Waals surface area contributed by atoms with Gasteiger partial charge in [0.2, 0.25) is 0 Å². The molecule has 0 bridgehead atoms. The van der Waals surface area contributed by atoms with Gasteiger partial charge in [-0.05, 0) is 26.2 Å². The molecule has 1 N–H and O–H groups in total. The van der Waals surface area contributed by atoms with E-state index in [9.17, 15) is 9.90 Å². The van der Waals surface area contributed by atoms with Gasteiger partial charge in [-0.3, -0.25) is 0 Å². The van der Waals surface area contributed by atoms with E-state index in [2.05, 4.69) is 13.8 Å². The number of aromatic hydroxyl groups is 1. The summed E-state index contributed by atoms with van der Waals surface area (Å²) in [7, 11) is 0. The summed E-state index contributed by atoms with van der Waals surface area (Å²) in [6.07, 6.45) is 9.10. The molecule has 3 heteroatoms. The molecule has 0 aliphatic heterocycles. The Morgan fingerprint density at radius 3 is 2.25 bits per heavy atom. The highest BCUT2D eigenvalue weighted by molar-refractivity contribution is 5.39. The number of rotatable bonds is 9. The van der Waals surface area contributed by atoms with E-state index in [0.29, 0.717) is 17.7 Å². The van der Waals surface area contributed by atoms with Gasteiger partial charge in [0.05, 0.1) is 5.56 Å². The van der Waals surface area contributed by atoms with Crippen LogP contribution in [0.15, 0.2) is 9.21 Å². The zero-order valence-electron chi connectivity index (χ0n) is 13.1. The van der Waals surface area contributed by atoms with Gasteiger partial charge in [-0.1, -0.05) is 46.0 Å². The van der Waals surface area contributed by atoms with Crippen LogP contribution in [0, 0.1) is 6.92 Å². The molecular weight excluding hydrogens is 252 g/mol. The van der Waals surface area contributed by atoms with E-state index in [1.165, 1.54) is 19.3 Å². The highest BCUT2D eigenvalue weighted by Gasteiger charge is 2.15. The second-order valence-electron chi connectivity index (χ2n) is 5.53. The fourth-order valence-corrected chi connectivity index (χ4v) is 2.41. The van der Waals surface area contributed by atoms with Crippen LogP contribution in [0.25, 0.3) is 0 Å². The zero-order valence-corrected chi connectivity index (χ0v) is 13.1. The van der Waals surface area contributed by atoms with E-state index in [0.717, 1.165) is 37.7 Å². The first kappa shape index (κ1) is 16.8. The molecule has 0 saturated carbocycles. The van der Waals surface area contributed by atoms with Crippen molar-refractivity contribution in [2.24, 2.45) is 0 Å². The summed E-state index contributed by atoms with van der Waals surface area (Å²) in [6, 6.07) is 0. The average Bonchev–Trinajstić information content (AvgIpc) is 2.44. The quantitative estimate of drug-likeness (QED) is 0.677. The lowest BCUT2D eigenvalue weighted by Gasteiger charge is -2.10. The number of aryl methyl sites for hydroxylation is 1. The Hall–Kier alpha value is -1.25. The van der Waals surface area contributed by atoms with Crippen LogP contribution >= 0.6 is 0 Å². The van der Waals surface area contributed by atoms with Crippen LogP contribution in [0.1, 0.15) is 75.7 Å². The summed E-state index contributed by atoms with van der Waals surface area (Å²) in [4.78, 5) is 11.9. The third-order valence-corrected chi connectivity index (χ3v) is 3.81. The molecule has 0 aliphatic rings. The summed E-state index contributed by atoms with van der Waals surface area (Å²) in [6.45, 7) is 6.10. The number of unbranched alkanes of at least 4 members (excludes halogenated alkanes) is 5. The topological polar surface area (TPSA) is 50.4 Å². The smallest absolute Gasteiger partial charge is 0.342 e. The van der Waals surface area contributed by atoms with E-state index < -0.39 is 0 Å². The first-order valence-electron chi connectivity index (χ1n) is 7.96. The maximum Gasteiger partial charge on any atom is 0.342 e. The summed E-state index contributed by atoms with van der Waals surface area (Å²) >= 11 is 0. The Balaban J connectivity index is 2.71. The van der Waals surface area contributed by atoms with Crippen LogP contribution in [0.4, 0.5) is 0 Å². The van der Waals surface area contributed by atoms with Crippen molar-refractivity contribution >= 4 is 0 Å². The summed E-state index contributed by atoms with van der Waals surface area (Å²) < 4.78 is 5.41. The SMILES string of the molecule is CCCCCCCc1oc(=O)c(CCCC)c(O)c1C. The molecule has 0 amide bonds. The van der Waals surface area contributed by atoms with E-state index in [1.807, 2.05) is 6.92 Å². The van der Waals surface area contributed by atoms with Crippen LogP contribution in [0.5, 0.6) is 5.75 Å². The average molecular weight is 280 g/mol. The van der Waals surface area contributed by atoms with Gasteiger partial charge in [-0.25, -0.2) is 4.79 Å². The first-order chi connectivity index (χ1) is 9.61. The Morgan fingerprint density at radius 1 is 0.950 bits per heavy atom. The van der Waals surface area contributed by atoms with E-state index in [4.69, 9.17) is 4.42 Å². The van der Waals surface area contributed by atoms with Gasteiger partial charge in [0.15, 0.2) is 0 Å². The molecule has 0 fully saturated rings. The van der Waals surface area contributed by atoms with Crippen molar-refractivity contribution in [3.8, 4) is 5.75 Å². The van der Waals surface area contributed by atoms with Crippen LogP contribution in [-0.2, 0) is 12.8 Å². The van der Waals surface area contributed by atoms with Crippen LogP contribution < -0.4 is 5.63 Å². The fourth-order valence-electron chi connectivity index (χ4n) is 2.41. The lowest BCUT2D eigenvalue weighted by molar-refractivity contribution is 0.399. The monoisotopic (exact) mass is 280 g/mol. The summed E-state index contributed by atoms with van der Waals surface area (Å²) in [5, 5.41) is 10.2. The molecule has 1 aromatic heterocycles. The Morgan fingerprint density at radius 2 is 1.60 bits per heavy atom. The molecule has 0 aliphatic carbocycles. The maximum absolute atomic E-state index is 11.9. The third-order valence-electron chi connectivity index (χ3n) is 3.81. The Kier molecular flexibility index (Phi) is 7.42. The van der Waals surface area contributed by atoms with Gasteiger partial charge in [0, 0.05) is 12.0 Å². The van der Waals surface area contributed by atoms with Crippen molar-refractivity contribution in [2.75, 3.05) is 0 Å². The number of hydrogen-bond donors (Lipinski definition) is 1. The molecule has 1 aromatic rings. The molecule has 0 aromatic carbocycles. The van der Waals surface area contributed by atoms with Crippen molar-refractivity contribution in [1.29, 1.82) is 0 Å². The summed E-state index contributed by atoms with van der Waals surface area (Å²) in [5.41, 5.74) is 0.829. The standard InChI is InChI=1S/C17H28O3/c1-4-6-8-9-10-12-15-13(3)16(18)14(11-7-5-2)17(19)20-15/h18H,4-12H2,1-3H3. The van der Waals surface area contributed by atoms with Gasteiger partial charge < -0.3 is 9.52 Å².